The van der Waals surface area contributed by atoms with Crippen LogP contribution in [0.25, 0.3) is 0 Å². The molecule has 13 heavy (non-hydrogen) atoms. The summed E-state index contributed by atoms with van der Waals surface area (Å²) in [6.45, 7) is 7.69. The average molecular weight is 199 g/mol. The van der Waals surface area contributed by atoms with Gasteiger partial charge in [-0.15, -0.1) is 0 Å². The van der Waals surface area contributed by atoms with E-state index < -0.39 is 0 Å². The van der Waals surface area contributed by atoms with E-state index in [4.69, 9.17) is 0 Å². The highest BCUT2D eigenvalue weighted by Crippen LogP contribution is 2.19. The third kappa shape index (κ3) is 1.99. The van der Waals surface area contributed by atoms with Gasteiger partial charge in [-0.1, -0.05) is 11.8 Å². The molecule has 2 aliphatic rings. The van der Waals surface area contributed by atoms with Crippen molar-refractivity contribution in [3.63, 3.8) is 0 Å². The second-order valence-corrected chi connectivity index (χ2v) is 4.89. The molecule has 2 aliphatic heterocycles. The molecule has 0 amide bonds. The average Bonchev–Trinajstić information content (AvgIpc) is 2.61. The Morgan fingerprint density at radius 1 is 1.54 bits per heavy atom. The largest absolute Gasteiger partial charge is 0.346 e. The minimum Gasteiger partial charge on any atom is -0.346 e. The van der Waals surface area contributed by atoms with Crippen molar-refractivity contribution < 1.29 is 0 Å². The summed E-state index contributed by atoms with van der Waals surface area (Å²) < 4.78 is 0. The van der Waals surface area contributed by atoms with Crippen molar-refractivity contribution >= 4 is 16.9 Å². The third-order valence-corrected chi connectivity index (χ3v) is 3.59. The zero-order valence-corrected chi connectivity index (χ0v) is 9.10. The van der Waals surface area contributed by atoms with Gasteiger partial charge in [0.15, 0.2) is 5.17 Å². The fraction of sp³-hybridized carbons (Fsp3) is 0.889. The fourth-order valence-electron chi connectivity index (χ4n) is 1.79. The number of nitrogens with zero attached hydrogens (tertiary/aromatic N) is 2. The molecule has 1 N–H and O–H groups in total. The second-order valence-electron chi connectivity index (χ2n) is 3.82. The van der Waals surface area contributed by atoms with E-state index >= 15 is 0 Å². The summed E-state index contributed by atoms with van der Waals surface area (Å²) in [6, 6.07) is 1.20. The summed E-state index contributed by atoms with van der Waals surface area (Å²) in [5, 5.41) is 4.74. The van der Waals surface area contributed by atoms with E-state index in [-0.39, 0.29) is 0 Å². The molecule has 1 saturated heterocycles. The summed E-state index contributed by atoms with van der Waals surface area (Å²) in [5.74, 6) is 1.17. The molecular weight excluding hydrogens is 182 g/mol. The molecule has 0 bridgehead atoms. The van der Waals surface area contributed by atoms with Gasteiger partial charge < -0.3 is 10.2 Å². The highest BCUT2D eigenvalue weighted by atomic mass is 32.2. The van der Waals surface area contributed by atoms with Crippen molar-refractivity contribution in [1.29, 1.82) is 0 Å². The number of hydrogen-bond acceptors (Lipinski definition) is 4. The van der Waals surface area contributed by atoms with Crippen molar-refractivity contribution in [1.82, 2.24) is 10.2 Å². The molecule has 1 fully saturated rings. The van der Waals surface area contributed by atoms with E-state index in [1.54, 1.807) is 0 Å². The van der Waals surface area contributed by atoms with Crippen LogP contribution in [0.3, 0.4) is 0 Å². The van der Waals surface area contributed by atoms with Crippen LogP contribution < -0.4 is 5.32 Å². The van der Waals surface area contributed by atoms with E-state index in [1.807, 2.05) is 11.8 Å². The number of amidine groups is 1. The summed E-state index contributed by atoms with van der Waals surface area (Å²) >= 11 is 1.90. The van der Waals surface area contributed by atoms with E-state index in [0.717, 1.165) is 19.6 Å². The molecule has 0 aromatic rings. The van der Waals surface area contributed by atoms with Gasteiger partial charge in [-0.05, 0) is 13.8 Å². The maximum Gasteiger partial charge on any atom is 0.159 e. The monoisotopic (exact) mass is 199 g/mol. The van der Waals surface area contributed by atoms with Crippen LogP contribution in [0.15, 0.2) is 4.99 Å². The van der Waals surface area contributed by atoms with E-state index in [9.17, 15) is 0 Å². The van der Waals surface area contributed by atoms with Gasteiger partial charge in [0.25, 0.3) is 0 Å². The maximum atomic E-state index is 4.52. The number of nitrogens with one attached hydrogen (secondary N) is 1. The summed E-state index contributed by atoms with van der Waals surface area (Å²) in [7, 11) is 0. The minimum absolute atomic E-state index is 0.597. The van der Waals surface area contributed by atoms with Crippen LogP contribution in [0.5, 0.6) is 0 Å². The SMILES string of the molecule is CC1CN(C2=NCCS2)C(C)CN1. The van der Waals surface area contributed by atoms with Crippen LogP contribution in [-0.2, 0) is 0 Å². The molecule has 2 unspecified atom stereocenters. The zero-order valence-electron chi connectivity index (χ0n) is 8.29. The Morgan fingerprint density at radius 2 is 2.38 bits per heavy atom. The van der Waals surface area contributed by atoms with Gasteiger partial charge in [0.2, 0.25) is 0 Å². The number of piperazine rings is 1. The highest BCUT2D eigenvalue weighted by Gasteiger charge is 2.26. The van der Waals surface area contributed by atoms with Crippen molar-refractivity contribution in [2.24, 2.45) is 4.99 Å². The Hall–Kier alpha value is -0.220. The Bertz CT molecular complexity index is 217. The Morgan fingerprint density at radius 3 is 3.08 bits per heavy atom. The molecule has 3 nitrogen and oxygen atoms in total. The smallest absolute Gasteiger partial charge is 0.159 e. The summed E-state index contributed by atoms with van der Waals surface area (Å²) in [6.07, 6.45) is 0. The molecule has 2 atom stereocenters. The van der Waals surface area contributed by atoms with Crippen molar-refractivity contribution in [3.05, 3.63) is 0 Å². The lowest BCUT2D eigenvalue weighted by Gasteiger charge is -2.38. The van der Waals surface area contributed by atoms with E-state index in [0.29, 0.717) is 12.1 Å². The molecule has 74 valence electrons. The Kier molecular flexibility index (Phi) is 2.79. The molecule has 2 rings (SSSR count). The zero-order chi connectivity index (χ0) is 9.26. The van der Waals surface area contributed by atoms with Crippen molar-refractivity contribution in [2.75, 3.05) is 25.4 Å². The van der Waals surface area contributed by atoms with Crippen molar-refractivity contribution in [3.8, 4) is 0 Å². The van der Waals surface area contributed by atoms with Crippen LogP contribution in [0.4, 0.5) is 0 Å². The second kappa shape index (κ2) is 3.88. The Balaban J connectivity index is 2.02. The molecule has 4 heteroatoms. The fourth-order valence-corrected chi connectivity index (χ4v) is 2.75. The van der Waals surface area contributed by atoms with Crippen LogP contribution >= 0.6 is 11.8 Å². The first-order valence-corrected chi connectivity index (χ1v) is 5.93. The lowest BCUT2D eigenvalue weighted by atomic mass is 10.1. The molecule has 0 saturated carbocycles. The van der Waals surface area contributed by atoms with Gasteiger partial charge in [0.05, 0.1) is 6.54 Å². The predicted octanol–water partition coefficient (Wildman–Crippen LogP) is 0.771. The standard InChI is InChI=1S/C9H17N3S/c1-7-6-12(8(2)5-11-7)9-10-3-4-13-9/h7-8,11H,3-6H2,1-2H3. The lowest BCUT2D eigenvalue weighted by molar-refractivity contribution is 0.238. The number of thioether (sulfide) groups is 1. The summed E-state index contributed by atoms with van der Waals surface area (Å²) in [4.78, 5) is 6.97. The van der Waals surface area contributed by atoms with E-state index in [1.165, 1.54) is 10.9 Å². The van der Waals surface area contributed by atoms with Gasteiger partial charge >= 0.3 is 0 Å². The first kappa shape index (κ1) is 9.34. The molecular formula is C9H17N3S. The highest BCUT2D eigenvalue weighted by molar-refractivity contribution is 8.14. The normalized spacial score (nSPS) is 34.9. The van der Waals surface area contributed by atoms with Crippen LogP contribution in [0.2, 0.25) is 0 Å². The van der Waals surface area contributed by atoms with Crippen LogP contribution in [-0.4, -0.2) is 47.5 Å². The van der Waals surface area contributed by atoms with Gasteiger partial charge in [-0.25, -0.2) is 0 Å². The number of hydrogen-bond donors (Lipinski definition) is 1. The quantitative estimate of drug-likeness (QED) is 0.624. The van der Waals surface area contributed by atoms with Crippen molar-refractivity contribution in [2.45, 2.75) is 25.9 Å². The first-order chi connectivity index (χ1) is 6.27. The molecule has 0 aromatic heterocycles. The molecule has 0 radical (unpaired) electrons. The molecule has 0 aliphatic carbocycles. The van der Waals surface area contributed by atoms with Gasteiger partial charge in [0.1, 0.15) is 0 Å². The van der Waals surface area contributed by atoms with E-state index in [2.05, 4.69) is 29.1 Å². The third-order valence-electron chi connectivity index (χ3n) is 2.58. The number of rotatable bonds is 0. The number of aliphatic imine (C=N–C) groups is 1. The predicted molar refractivity (Wildman–Crippen MR) is 58.4 cm³/mol. The van der Waals surface area contributed by atoms with Gasteiger partial charge in [-0.2, -0.15) is 0 Å². The topological polar surface area (TPSA) is 27.6 Å². The summed E-state index contributed by atoms with van der Waals surface area (Å²) in [5.41, 5.74) is 0. The Labute approximate surface area is 84.0 Å². The first-order valence-electron chi connectivity index (χ1n) is 4.94. The van der Waals surface area contributed by atoms with Crippen LogP contribution in [0, 0.1) is 0 Å². The lowest BCUT2D eigenvalue weighted by Crippen LogP contribution is -2.55. The molecule has 0 spiro atoms. The van der Waals surface area contributed by atoms with Crippen LogP contribution in [0.1, 0.15) is 13.8 Å². The molecule has 2 heterocycles. The molecule has 0 aromatic carbocycles. The van der Waals surface area contributed by atoms with Gasteiger partial charge in [0, 0.05) is 30.9 Å². The minimum atomic E-state index is 0.597. The van der Waals surface area contributed by atoms with Gasteiger partial charge in [-0.3, -0.25) is 4.99 Å². The maximum absolute atomic E-state index is 4.52.